The van der Waals surface area contributed by atoms with Crippen LogP contribution in [0.2, 0.25) is 0 Å². The Labute approximate surface area is 192 Å². The molecule has 1 fully saturated rings. The smallest absolute Gasteiger partial charge is 0.381 e. The standard InChI is InChI=1S/C24H21F3N6O/c25-24(26,27)16-5-6-17-14(9-16)4-8-19(17)32(11-13-1-2-13)23(34)15-3-7-18-20(10-15)33-12-29-31-22(33)21(28)30-18/h3,5-7,9-10,12-13,19H,1-2,4,8,11H2,(H2,28,30). The zero-order valence-corrected chi connectivity index (χ0v) is 18.1. The van der Waals surface area contributed by atoms with Crippen molar-refractivity contribution in [1.29, 1.82) is 0 Å². The minimum Gasteiger partial charge on any atom is -0.381 e. The largest absolute Gasteiger partial charge is 0.416 e. The van der Waals surface area contributed by atoms with Crippen LogP contribution >= 0.6 is 0 Å². The van der Waals surface area contributed by atoms with Gasteiger partial charge >= 0.3 is 6.18 Å². The molecule has 1 amide bonds. The Morgan fingerprint density at radius 1 is 1.15 bits per heavy atom. The molecule has 1 unspecified atom stereocenters. The third-order valence-corrected chi connectivity index (χ3v) is 6.80. The lowest BCUT2D eigenvalue weighted by Crippen LogP contribution is -2.35. The third-order valence-electron chi connectivity index (χ3n) is 6.80. The molecule has 6 rings (SSSR count). The number of alkyl halides is 3. The minimum atomic E-state index is -4.38. The first-order valence-corrected chi connectivity index (χ1v) is 11.2. The van der Waals surface area contributed by atoms with Crippen molar-refractivity contribution in [2.45, 2.75) is 37.9 Å². The highest BCUT2D eigenvalue weighted by Crippen LogP contribution is 2.42. The summed E-state index contributed by atoms with van der Waals surface area (Å²) in [5.41, 5.74) is 8.95. The van der Waals surface area contributed by atoms with Gasteiger partial charge in [0, 0.05) is 12.1 Å². The second-order valence-electron chi connectivity index (χ2n) is 9.09. The molecule has 0 saturated heterocycles. The molecule has 0 radical (unpaired) electrons. The average Bonchev–Trinajstić information content (AvgIpc) is 3.31. The number of fused-ring (bicyclic) bond motifs is 4. The fourth-order valence-corrected chi connectivity index (χ4v) is 4.90. The molecule has 0 spiro atoms. The molecule has 2 N–H and O–H groups in total. The number of nitrogens with zero attached hydrogens (tertiary/aromatic N) is 5. The summed E-state index contributed by atoms with van der Waals surface area (Å²) in [5.74, 6) is 0.527. The first-order valence-electron chi connectivity index (χ1n) is 11.2. The summed E-state index contributed by atoms with van der Waals surface area (Å²) in [6.45, 7) is 0.587. The maximum Gasteiger partial charge on any atom is 0.416 e. The Balaban J connectivity index is 1.39. The van der Waals surface area contributed by atoms with Gasteiger partial charge in [-0.25, -0.2) is 4.98 Å². The number of carbonyl (C=O) groups excluding carboxylic acids is 1. The number of hydrogen-bond acceptors (Lipinski definition) is 5. The van der Waals surface area contributed by atoms with Gasteiger partial charge in [-0.2, -0.15) is 13.2 Å². The van der Waals surface area contributed by atoms with Crippen LogP contribution in [0.5, 0.6) is 0 Å². The van der Waals surface area contributed by atoms with Crippen molar-refractivity contribution < 1.29 is 18.0 Å². The van der Waals surface area contributed by atoms with Crippen molar-refractivity contribution in [1.82, 2.24) is 24.5 Å². The zero-order chi connectivity index (χ0) is 23.6. The molecule has 2 aromatic heterocycles. The van der Waals surface area contributed by atoms with E-state index in [1.54, 1.807) is 22.6 Å². The van der Waals surface area contributed by atoms with E-state index in [4.69, 9.17) is 5.73 Å². The quantitative estimate of drug-likeness (QED) is 0.481. The Bertz CT molecular complexity index is 1440. The molecule has 2 aromatic carbocycles. The molecule has 1 atom stereocenters. The summed E-state index contributed by atoms with van der Waals surface area (Å²) in [5, 5.41) is 7.89. The maximum atomic E-state index is 13.8. The highest BCUT2D eigenvalue weighted by molar-refractivity contribution is 5.98. The van der Waals surface area contributed by atoms with Gasteiger partial charge in [-0.1, -0.05) is 6.07 Å². The van der Waals surface area contributed by atoms with E-state index >= 15 is 0 Å². The first-order chi connectivity index (χ1) is 16.3. The van der Waals surface area contributed by atoms with Crippen molar-refractivity contribution in [2.75, 3.05) is 12.3 Å². The average molecular weight is 466 g/mol. The van der Waals surface area contributed by atoms with Crippen molar-refractivity contribution in [2.24, 2.45) is 5.92 Å². The molecule has 174 valence electrons. The van der Waals surface area contributed by atoms with E-state index in [0.717, 1.165) is 24.5 Å². The van der Waals surface area contributed by atoms with Crippen LogP contribution in [0.1, 0.15) is 52.4 Å². The number of benzene rings is 2. The normalized spacial score (nSPS) is 17.9. The van der Waals surface area contributed by atoms with Gasteiger partial charge in [0.1, 0.15) is 6.33 Å². The van der Waals surface area contributed by atoms with Crippen molar-refractivity contribution in [3.8, 4) is 0 Å². The molecule has 7 nitrogen and oxygen atoms in total. The predicted octanol–water partition coefficient (Wildman–Crippen LogP) is 4.42. The number of amides is 1. The number of nitrogens with two attached hydrogens (primary N) is 1. The fourth-order valence-electron chi connectivity index (χ4n) is 4.90. The Kier molecular flexibility index (Phi) is 4.55. The van der Waals surface area contributed by atoms with Gasteiger partial charge in [-0.05, 0) is 73.1 Å². The molecule has 34 heavy (non-hydrogen) atoms. The van der Waals surface area contributed by atoms with Gasteiger partial charge in [0.25, 0.3) is 5.91 Å². The van der Waals surface area contributed by atoms with Crippen LogP contribution in [-0.2, 0) is 12.6 Å². The predicted molar refractivity (Wildman–Crippen MR) is 119 cm³/mol. The first kappa shape index (κ1) is 20.9. The summed E-state index contributed by atoms with van der Waals surface area (Å²) < 4.78 is 41.3. The second kappa shape index (κ2) is 7.41. The van der Waals surface area contributed by atoms with E-state index in [9.17, 15) is 18.0 Å². The van der Waals surface area contributed by atoms with E-state index in [1.807, 2.05) is 4.90 Å². The maximum absolute atomic E-state index is 13.8. The van der Waals surface area contributed by atoms with Gasteiger partial charge in [0.15, 0.2) is 5.82 Å². The number of rotatable bonds is 4. The summed E-state index contributed by atoms with van der Waals surface area (Å²) in [4.78, 5) is 20.0. The summed E-state index contributed by atoms with van der Waals surface area (Å²) >= 11 is 0. The van der Waals surface area contributed by atoms with Crippen molar-refractivity contribution in [3.63, 3.8) is 0 Å². The zero-order valence-electron chi connectivity index (χ0n) is 18.1. The van der Waals surface area contributed by atoms with E-state index in [-0.39, 0.29) is 17.8 Å². The number of nitrogen functional groups attached to an aromatic ring is 1. The molecule has 0 aliphatic heterocycles. The third kappa shape index (κ3) is 3.44. The number of aromatic nitrogens is 4. The lowest BCUT2D eigenvalue weighted by molar-refractivity contribution is -0.137. The highest BCUT2D eigenvalue weighted by atomic mass is 19.4. The van der Waals surface area contributed by atoms with Crippen LogP contribution < -0.4 is 5.73 Å². The van der Waals surface area contributed by atoms with Crippen LogP contribution in [0.4, 0.5) is 19.0 Å². The number of anilines is 1. The molecule has 2 heterocycles. The van der Waals surface area contributed by atoms with Gasteiger partial charge in [0.05, 0.1) is 22.6 Å². The number of halogens is 3. The van der Waals surface area contributed by atoms with Crippen LogP contribution in [0.25, 0.3) is 16.7 Å². The summed E-state index contributed by atoms with van der Waals surface area (Å²) in [7, 11) is 0. The van der Waals surface area contributed by atoms with Crippen LogP contribution in [-0.4, -0.2) is 36.9 Å². The van der Waals surface area contributed by atoms with Gasteiger partial charge in [-0.3, -0.25) is 9.20 Å². The Morgan fingerprint density at radius 3 is 2.74 bits per heavy atom. The molecular weight excluding hydrogens is 445 g/mol. The Hall–Kier alpha value is -3.69. The van der Waals surface area contributed by atoms with E-state index in [0.29, 0.717) is 53.1 Å². The number of aryl methyl sites for hydroxylation is 1. The molecule has 4 aromatic rings. The SMILES string of the molecule is Nc1nc2ccc(C(=O)N(CC3CC3)C3CCc4cc(C(F)(F)F)ccc43)cc2n2cnnc12. The van der Waals surface area contributed by atoms with Gasteiger partial charge in [0.2, 0.25) is 5.65 Å². The van der Waals surface area contributed by atoms with E-state index < -0.39 is 11.7 Å². The van der Waals surface area contributed by atoms with Gasteiger partial charge < -0.3 is 10.6 Å². The Morgan fingerprint density at radius 2 is 1.97 bits per heavy atom. The monoisotopic (exact) mass is 466 g/mol. The molecular formula is C24H21F3N6O. The van der Waals surface area contributed by atoms with E-state index in [1.165, 1.54) is 18.5 Å². The summed E-state index contributed by atoms with van der Waals surface area (Å²) in [6.07, 6.45) is 0.373. The number of hydrogen-bond donors (Lipinski definition) is 1. The van der Waals surface area contributed by atoms with Crippen molar-refractivity contribution in [3.05, 3.63) is 65.0 Å². The lowest BCUT2D eigenvalue weighted by atomic mass is 10.0. The van der Waals surface area contributed by atoms with Crippen LogP contribution in [0, 0.1) is 5.92 Å². The molecule has 0 bridgehead atoms. The molecule has 10 heteroatoms. The molecule has 1 saturated carbocycles. The minimum absolute atomic E-state index is 0.149. The molecule has 2 aliphatic rings. The van der Waals surface area contributed by atoms with E-state index in [2.05, 4.69) is 15.2 Å². The topological polar surface area (TPSA) is 89.4 Å². The van der Waals surface area contributed by atoms with Crippen molar-refractivity contribution >= 4 is 28.4 Å². The fraction of sp³-hybridized carbons (Fsp3) is 0.333. The van der Waals surface area contributed by atoms with Crippen LogP contribution in [0.3, 0.4) is 0 Å². The number of carbonyl (C=O) groups is 1. The highest BCUT2D eigenvalue weighted by Gasteiger charge is 2.38. The van der Waals surface area contributed by atoms with Gasteiger partial charge in [-0.15, -0.1) is 10.2 Å². The summed E-state index contributed by atoms with van der Waals surface area (Å²) in [6, 6.07) is 8.85. The second-order valence-corrected chi connectivity index (χ2v) is 9.09. The lowest BCUT2D eigenvalue weighted by Gasteiger charge is -2.30. The van der Waals surface area contributed by atoms with Crippen LogP contribution in [0.15, 0.2) is 42.7 Å². The molecule has 2 aliphatic carbocycles.